The van der Waals surface area contributed by atoms with Gasteiger partial charge in [-0.05, 0) is 27.3 Å². The largest absolute Gasteiger partial charge is 0.561 e. The molecule has 1 saturated heterocycles. The average Bonchev–Trinajstić information content (AvgIpc) is 2.72. The highest BCUT2D eigenvalue weighted by molar-refractivity contribution is 6.66. The van der Waals surface area contributed by atoms with Crippen LogP contribution in [0.2, 0.25) is 6.55 Å². The summed E-state index contributed by atoms with van der Waals surface area (Å²) in [6, 6.07) is 0. The number of nitrogens with zero attached hydrogens (tertiary/aromatic N) is 2. The highest BCUT2D eigenvalue weighted by Gasteiger charge is 2.56. The number of carbonyl (C=O) groups excluding carboxylic acids is 1. The maximum Gasteiger partial charge on any atom is 0.561 e. The van der Waals surface area contributed by atoms with Gasteiger partial charge in [0.2, 0.25) is 0 Å². The second-order valence-corrected chi connectivity index (χ2v) is 12.8. The first kappa shape index (κ1) is 26.5. The molecule has 0 unspecified atom stereocenters. The summed E-state index contributed by atoms with van der Waals surface area (Å²) in [6.07, 6.45) is 0.243. The van der Waals surface area contributed by atoms with Crippen LogP contribution in [-0.4, -0.2) is 113 Å². The molecular formula is C17H39N2O8Si2+. The third-order valence-electron chi connectivity index (χ3n) is 5.08. The fraction of sp³-hybridized carbons (Fsp3) is 0.941. The van der Waals surface area contributed by atoms with Crippen LogP contribution in [0.5, 0.6) is 0 Å². The maximum atomic E-state index is 12.9. The van der Waals surface area contributed by atoms with Crippen molar-refractivity contribution in [2.24, 2.45) is 0 Å². The lowest BCUT2D eigenvalue weighted by Gasteiger charge is -2.49. The Labute approximate surface area is 177 Å². The number of rotatable bonds is 13. The molecular weight excluding hydrogens is 416 g/mol. The van der Waals surface area contributed by atoms with Crippen LogP contribution in [0.1, 0.15) is 20.8 Å². The van der Waals surface area contributed by atoms with E-state index in [9.17, 15) is 4.79 Å². The van der Waals surface area contributed by atoms with E-state index in [1.54, 1.807) is 19.2 Å². The number of hydrogen-bond acceptors (Lipinski definition) is 8. The van der Waals surface area contributed by atoms with Crippen LogP contribution in [0.15, 0.2) is 0 Å². The number of carbonyl (C=O) groups is 1. The molecule has 12 heteroatoms. The molecule has 0 radical (unpaired) electrons. The van der Waals surface area contributed by atoms with Crippen molar-refractivity contribution < 1.29 is 41.0 Å². The minimum absolute atomic E-state index is 0.258. The molecule has 0 aromatic heterocycles. The Kier molecular flexibility index (Phi) is 11.2. The molecule has 1 fully saturated rings. The van der Waals surface area contributed by atoms with Gasteiger partial charge in [0.1, 0.15) is 19.3 Å². The van der Waals surface area contributed by atoms with E-state index in [0.29, 0.717) is 58.5 Å². The molecule has 0 bridgehead atoms. The normalized spacial score (nSPS) is 17.2. The van der Waals surface area contributed by atoms with Crippen LogP contribution in [0.25, 0.3) is 0 Å². The molecule has 1 aliphatic heterocycles. The van der Waals surface area contributed by atoms with Gasteiger partial charge in [0, 0.05) is 34.0 Å². The molecule has 0 aromatic rings. The van der Waals surface area contributed by atoms with E-state index in [0.717, 1.165) is 0 Å². The van der Waals surface area contributed by atoms with E-state index in [2.05, 4.69) is 0 Å². The third kappa shape index (κ3) is 6.97. The van der Waals surface area contributed by atoms with Crippen molar-refractivity contribution in [2.45, 2.75) is 27.3 Å². The topological polar surface area (TPSA) is 84.9 Å². The highest BCUT2D eigenvalue weighted by Crippen LogP contribution is 2.26. The zero-order valence-electron chi connectivity index (χ0n) is 19.0. The summed E-state index contributed by atoms with van der Waals surface area (Å²) >= 11 is 0. The Morgan fingerprint density at radius 2 is 1.45 bits per heavy atom. The molecule has 29 heavy (non-hydrogen) atoms. The zero-order chi connectivity index (χ0) is 22.0. The number of ether oxygens (including phenoxy) is 2. The Bertz CT molecular complexity index is 473. The second kappa shape index (κ2) is 12.3. The molecule has 10 nitrogen and oxygen atoms in total. The van der Waals surface area contributed by atoms with Gasteiger partial charge in [-0.1, -0.05) is 0 Å². The highest BCUT2D eigenvalue weighted by atomic mass is 28.4. The molecule has 1 rings (SSSR count). The van der Waals surface area contributed by atoms with Gasteiger partial charge < -0.3 is 31.6 Å². The SMILES string of the molecule is CCO[Si](C[N+]1(N(C[Si](C)(OC)OC)C(=O)OC)CCOCC1)(OCC)OCC. The predicted octanol–water partition coefficient (Wildman–Crippen LogP) is 1.31. The minimum atomic E-state index is -3.07. The van der Waals surface area contributed by atoms with Crippen LogP contribution >= 0.6 is 0 Å². The molecule has 1 amide bonds. The van der Waals surface area contributed by atoms with E-state index < -0.39 is 23.5 Å². The van der Waals surface area contributed by atoms with Crippen molar-refractivity contribution in [2.75, 3.05) is 79.8 Å². The lowest BCUT2D eigenvalue weighted by molar-refractivity contribution is -1.02. The lowest BCUT2D eigenvalue weighted by atomic mass is 10.4. The fourth-order valence-corrected chi connectivity index (χ4v) is 7.88. The summed E-state index contributed by atoms with van der Waals surface area (Å²) < 4.78 is 40.6. The van der Waals surface area contributed by atoms with Gasteiger partial charge in [0.25, 0.3) is 0 Å². The fourth-order valence-electron chi connectivity index (χ4n) is 3.43. The lowest BCUT2D eigenvalue weighted by Crippen LogP contribution is -2.75. The van der Waals surface area contributed by atoms with Crippen molar-refractivity contribution in [3.8, 4) is 0 Å². The van der Waals surface area contributed by atoms with Gasteiger partial charge in [0.15, 0.2) is 6.17 Å². The van der Waals surface area contributed by atoms with E-state index in [4.69, 9.17) is 31.6 Å². The Balaban J connectivity index is 3.40. The van der Waals surface area contributed by atoms with E-state index in [1.165, 1.54) is 7.11 Å². The first-order chi connectivity index (χ1) is 13.8. The van der Waals surface area contributed by atoms with Crippen LogP contribution in [0.4, 0.5) is 4.79 Å². The Morgan fingerprint density at radius 1 is 0.966 bits per heavy atom. The first-order valence-corrected chi connectivity index (χ1v) is 14.6. The summed E-state index contributed by atoms with van der Waals surface area (Å²) in [7, 11) is -1.12. The van der Waals surface area contributed by atoms with Crippen molar-refractivity contribution in [3.05, 3.63) is 0 Å². The zero-order valence-corrected chi connectivity index (χ0v) is 21.0. The van der Waals surface area contributed by atoms with Gasteiger partial charge in [-0.25, -0.2) is 9.39 Å². The van der Waals surface area contributed by atoms with Gasteiger partial charge in [0.05, 0.1) is 20.3 Å². The van der Waals surface area contributed by atoms with Gasteiger partial charge in [-0.3, -0.25) is 0 Å². The van der Waals surface area contributed by atoms with Crippen molar-refractivity contribution in [1.82, 2.24) is 5.01 Å². The van der Waals surface area contributed by atoms with Crippen molar-refractivity contribution in [3.63, 3.8) is 0 Å². The number of morpholine rings is 1. The maximum absolute atomic E-state index is 12.9. The molecule has 0 N–H and O–H groups in total. The molecule has 1 heterocycles. The summed E-state index contributed by atoms with van der Waals surface area (Å²) in [5.74, 6) is 0. The van der Waals surface area contributed by atoms with E-state index in [1.807, 2.05) is 27.3 Å². The minimum Gasteiger partial charge on any atom is -0.450 e. The quantitative estimate of drug-likeness (QED) is 0.304. The van der Waals surface area contributed by atoms with Crippen LogP contribution in [-0.2, 0) is 31.6 Å². The third-order valence-corrected chi connectivity index (χ3v) is 10.8. The van der Waals surface area contributed by atoms with E-state index >= 15 is 0 Å². The molecule has 0 aliphatic carbocycles. The molecule has 1 aliphatic rings. The second-order valence-electron chi connectivity index (χ2n) is 6.86. The molecule has 0 spiro atoms. The monoisotopic (exact) mass is 455 g/mol. The van der Waals surface area contributed by atoms with Crippen LogP contribution < -0.4 is 0 Å². The van der Waals surface area contributed by atoms with Crippen LogP contribution in [0.3, 0.4) is 0 Å². The van der Waals surface area contributed by atoms with Crippen molar-refractivity contribution in [1.29, 1.82) is 0 Å². The Morgan fingerprint density at radius 3 is 1.83 bits per heavy atom. The standard InChI is InChI=1S/C17H39N2O8Si2/c1-8-25-29(26-9-2,27-10-3)16-19(11-13-24-14-12-19)18(17(20)21-4)15-28(7,22-5)23-6/h8-16H2,1-7H3/q+1. The number of hydrogen-bond donors (Lipinski definition) is 0. The number of amides is 1. The van der Waals surface area contributed by atoms with Crippen molar-refractivity contribution >= 4 is 23.5 Å². The predicted molar refractivity (Wildman–Crippen MR) is 111 cm³/mol. The van der Waals surface area contributed by atoms with Gasteiger partial charge in [-0.2, -0.15) is 5.01 Å². The summed E-state index contributed by atoms with van der Waals surface area (Å²) in [5.41, 5.74) is 0. The summed E-state index contributed by atoms with van der Waals surface area (Å²) in [6.45, 7) is 11.2. The molecule has 0 atom stereocenters. The Hall–Kier alpha value is -0.576. The number of quaternary nitrogens is 1. The van der Waals surface area contributed by atoms with Crippen LogP contribution in [0, 0.1) is 0 Å². The molecule has 0 saturated carbocycles. The first-order valence-electron chi connectivity index (χ1n) is 10.1. The number of methoxy groups -OCH3 is 1. The van der Waals surface area contributed by atoms with Gasteiger partial charge >= 0.3 is 23.5 Å². The smallest absolute Gasteiger partial charge is 0.450 e. The molecule has 172 valence electrons. The average molecular weight is 456 g/mol. The molecule has 0 aromatic carbocycles. The van der Waals surface area contributed by atoms with Gasteiger partial charge in [-0.15, -0.1) is 0 Å². The summed E-state index contributed by atoms with van der Waals surface area (Å²) in [5, 5.41) is 1.68. The van der Waals surface area contributed by atoms with E-state index in [-0.39, 0.29) is 4.59 Å². The summed E-state index contributed by atoms with van der Waals surface area (Å²) in [4.78, 5) is 12.9.